The van der Waals surface area contributed by atoms with Gasteiger partial charge in [0.25, 0.3) is 0 Å². The van der Waals surface area contributed by atoms with Crippen molar-refractivity contribution < 1.29 is 19.3 Å². The van der Waals surface area contributed by atoms with Crippen LogP contribution in [0.4, 0.5) is 0 Å². The molecule has 3 rings (SSSR count). The van der Waals surface area contributed by atoms with Gasteiger partial charge in [-0.15, -0.1) is 0 Å². The highest BCUT2D eigenvalue weighted by Gasteiger charge is 2.47. The first-order valence-corrected chi connectivity index (χ1v) is 7.62. The normalized spacial score (nSPS) is 27.7. The van der Waals surface area contributed by atoms with Crippen LogP contribution in [-0.4, -0.2) is 31.5 Å². The van der Waals surface area contributed by atoms with Gasteiger partial charge in [0.2, 0.25) is 0 Å². The molecular weight excluding hydrogens is 280 g/mol. The summed E-state index contributed by atoms with van der Waals surface area (Å²) in [4.78, 5) is 0. The Kier molecular flexibility index (Phi) is 4.12. The fraction of sp³-hybridized carbons (Fsp3) is 0.444. The van der Waals surface area contributed by atoms with E-state index in [4.69, 9.17) is 14.2 Å². The Labute approximate surface area is 131 Å². The third kappa shape index (κ3) is 2.71. The SMILES string of the molecule is COC1=C2OCCC[C@H]2[C@](O)(/C=C/c2ccc(OC)cc2)C1. The van der Waals surface area contributed by atoms with E-state index in [9.17, 15) is 5.11 Å². The lowest BCUT2D eigenvalue weighted by molar-refractivity contribution is 0.00949. The first-order valence-electron chi connectivity index (χ1n) is 7.62. The summed E-state index contributed by atoms with van der Waals surface area (Å²) < 4.78 is 16.3. The molecule has 4 heteroatoms. The van der Waals surface area contributed by atoms with Gasteiger partial charge in [-0.2, -0.15) is 0 Å². The van der Waals surface area contributed by atoms with Crippen LogP contribution in [0.3, 0.4) is 0 Å². The summed E-state index contributed by atoms with van der Waals surface area (Å²) in [5, 5.41) is 11.0. The monoisotopic (exact) mass is 302 g/mol. The van der Waals surface area contributed by atoms with E-state index in [0.717, 1.165) is 35.7 Å². The van der Waals surface area contributed by atoms with Gasteiger partial charge in [0, 0.05) is 6.42 Å². The number of aliphatic hydroxyl groups is 1. The maximum atomic E-state index is 11.0. The molecule has 0 amide bonds. The molecule has 2 aliphatic rings. The second-order valence-corrected chi connectivity index (χ2v) is 5.81. The minimum atomic E-state index is -0.930. The van der Waals surface area contributed by atoms with Crippen molar-refractivity contribution in [1.82, 2.24) is 0 Å². The molecule has 1 aliphatic heterocycles. The van der Waals surface area contributed by atoms with Crippen molar-refractivity contribution in [2.45, 2.75) is 24.9 Å². The fourth-order valence-electron chi connectivity index (χ4n) is 3.22. The molecule has 4 nitrogen and oxygen atoms in total. The van der Waals surface area contributed by atoms with Crippen molar-refractivity contribution in [3.05, 3.63) is 47.4 Å². The van der Waals surface area contributed by atoms with Crippen LogP contribution in [0.25, 0.3) is 6.08 Å². The number of rotatable bonds is 4. The zero-order valence-electron chi connectivity index (χ0n) is 13.0. The summed E-state index contributed by atoms with van der Waals surface area (Å²) in [5.41, 5.74) is 0.0967. The fourth-order valence-corrected chi connectivity index (χ4v) is 3.22. The number of fused-ring (bicyclic) bond motifs is 1. The molecule has 0 aromatic heterocycles. The molecular formula is C18H22O4. The second kappa shape index (κ2) is 6.05. The maximum Gasteiger partial charge on any atom is 0.140 e. The van der Waals surface area contributed by atoms with Crippen molar-refractivity contribution in [1.29, 1.82) is 0 Å². The third-order valence-corrected chi connectivity index (χ3v) is 4.46. The Hall–Kier alpha value is -1.94. The molecule has 0 saturated carbocycles. The molecule has 0 spiro atoms. The first kappa shape index (κ1) is 15.0. The molecule has 2 atom stereocenters. The summed E-state index contributed by atoms with van der Waals surface area (Å²) in [5.74, 6) is 2.41. The summed E-state index contributed by atoms with van der Waals surface area (Å²) >= 11 is 0. The predicted molar refractivity (Wildman–Crippen MR) is 84.3 cm³/mol. The lowest BCUT2D eigenvalue weighted by atomic mass is 9.84. The van der Waals surface area contributed by atoms with Crippen molar-refractivity contribution >= 4 is 6.08 Å². The zero-order chi connectivity index (χ0) is 15.6. The Morgan fingerprint density at radius 3 is 2.68 bits per heavy atom. The Morgan fingerprint density at radius 1 is 1.23 bits per heavy atom. The van der Waals surface area contributed by atoms with Gasteiger partial charge in [0.15, 0.2) is 0 Å². The van der Waals surface area contributed by atoms with Gasteiger partial charge in [0.1, 0.15) is 22.9 Å². The van der Waals surface area contributed by atoms with Crippen LogP contribution in [0.2, 0.25) is 0 Å². The van der Waals surface area contributed by atoms with Crippen LogP contribution in [0.1, 0.15) is 24.8 Å². The topological polar surface area (TPSA) is 47.9 Å². The smallest absolute Gasteiger partial charge is 0.140 e. The first-order chi connectivity index (χ1) is 10.7. The van der Waals surface area contributed by atoms with E-state index in [-0.39, 0.29) is 5.92 Å². The van der Waals surface area contributed by atoms with Crippen LogP contribution in [-0.2, 0) is 9.47 Å². The van der Waals surface area contributed by atoms with Gasteiger partial charge < -0.3 is 19.3 Å². The molecule has 1 aromatic carbocycles. The highest BCUT2D eigenvalue weighted by atomic mass is 16.5. The van der Waals surface area contributed by atoms with Gasteiger partial charge in [-0.25, -0.2) is 0 Å². The number of hydrogen-bond acceptors (Lipinski definition) is 4. The van der Waals surface area contributed by atoms with E-state index in [2.05, 4.69) is 0 Å². The van der Waals surface area contributed by atoms with Crippen LogP contribution in [0.5, 0.6) is 5.75 Å². The number of methoxy groups -OCH3 is 2. The molecule has 0 unspecified atom stereocenters. The standard InChI is InChI=1S/C18H22O4/c1-20-14-7-5-13(6-8-14)9-10-18(19)12-16(21-2)17-15(18)4-3-11-22-17/h5-10,15,19H,3-4,11-12H2,1-2H3/b10-9+/t15-,18+/m1/s1. The number of benzene rings is 1. The van der Waals surface area contributed by atoms with Crippen molar-refractivity contribution in [2.24, 2.45) is 5.92 Å². The summed E-state index contributed by atoms with van der Waals surface area (Å²) in [6, 6.07) is 7.76. The minimum Gasteiger partial charge on any atom is -0.497 e. The predicted octanol–water partition coefficient (Wildman–Crippen LogP) is 3.13. The quantitative estimate of drug-likeness (QED) is 0.928. The lowest BCUT2D eigenvalue weighted by Crippen LogP contribution is -2.35. The summed E-state index contributed by atoms with van der Waals surface area (Å²) in [6.07, 6.45) is 6.18. The highest BCUT2D eigenvalue weighted by molar-refractivity contribution is 5.53. The zero-order valence-corrected chi connectivity index (χ0v) is 13.0. The molecule has 22 heavy (non-hydrogen) atoms. The van der Waals surface area contributed by atoms with Crippen LogP contribution in [0.15, 0.2) is 41.9 Å². The molecule has 1 heterocycles. The maximum absolute atomic E-state index is 11.0. The number of hydrogen-bond donors (Lipinski definition) is 1. The average Bonchev–Trinajstić information content (AvgIpc) is 2.87. The molecule has 1 saturated heterocycles. The molecule has 1 aliphatic carbocycles. The molecule has 1 N–H and O–H groups in total. The lowest BCUT2D eigenvalue weighted by Gasteiger charge is -2.31. The van der Waals surface area contributed by atoms with Gasteiger partial charge in [-0.3, -0.25) is 0 Å². The average molecular weight is 302 g/mol. The Bertz CT molecular complexity index is 588. The molecule has 0 radical (unpaired) electrons. The number of ether oxygens (including phenoxy) is 3. The van der Waals surface area contributed by atoms with Crippen molar-refractivity contribution in [2.75, 3.05) is 20.8 Å². The molecule has 1 aromatic rings. The second-order valence-electron chi connectivity index (χ2n) is 5.81. The van der Waals surface area contributed by atoms with Gasteiger partial charge >= 0.3 is 0 Å². The van der Waals surface area contributed by atoms with E-state index >= 15 is 0 Å². The molecule has 1 fully saturated rings. The van der Waals surface area contributed by atoms with Crippen molar-refractivity contribution in [3.8, 4) is 5.75 Å². The van der Waals surface area contributed by atoms with E-state index in [1.807, 2.05) is 36.4 Å². The minimum absolute atomic E-state index is 0.00861. The molecule has 0 bridgehead atoms. The largest absolute Gasteiger partial charge is 0.497 e. The van der Waals surface area contributed by atoms with E-state index in [0.29, 0.717) is 13.0 Å². The van der Waals surface area contributed by atoms with Crippen molar-refractivity contribution in [3.63, 3.8) is 0 Å². The van der Waals surface area contributed by atoms with Gasteiger partial charge in [-0.05, 0) is 30.5 Å². The van der Waals surface area contributed by atoms with Crippen LogP contribution >= 0.6 is 0 Å². The third-order valence-electron chi connectivity index (χ3n) is 4.46. The summed E-state index contributed by atoms with van der Waals surface area (Å²) in [6.45, 7) is 0.705. The van der Waals surface area contributed by atoms with Crippen LogP contribution < -0.4 is 4.74 Å². The highest BCUT2D eigenvalue weighted by Crippen LogP contribution is 2.46. The van der Waals surface area contributed by atoms with E-state index in [1.165, 1.54) is 0 Å². The Balaban J connectivity index is 1.80. The molecule has 118 valence electrons. The summed E-state index contributed by atoms with van der Waals surface area (Å²) in [7, 11) is 3.28. The Morgan fingerprint density at radius 2 is 2.00 bits per heavy atom. The van der Waals surface area contributed by atoms with E-state index in [1.54, 1.807) is 14.2 Å². The van der Waals surface area contributed by atoms with E-state index < -0.39 is 5.60 Å². The van der Waals surface area contributed by atoms with Gasteiger partial charge in [0.05, 0.1) is 26.7 Å². The van der Waals surface area contributed by atoms with Crippen LogP contribution in [0, 0.1) is 5.92 Å². The van der Waals surface area contributed by atoms with Gasteiger partial charge in [-0.1, -0.05) is 24.3 Å².